The largest absolute Gasteiger partial charge is 0.573 e. The maximum atomic E-state index is 12.1. The van der Waals surface area contributed by atoms with Crippen LogP contribution in [-0.4, -0.2) is 24.2 Å². The third kappa shape index (κ3) is 4.97. The van der Waals surface area contributed by atoms with Gasteiger partial charge in [0.1, 0.15) is 11.9 Å². The van der Waals surface area contributed by atoms with Crippen molar-refractivity contribution in [1.29, 1.82) is 0 Å². The summed E-state index contributed by atoms with van der Waals surface area (Å²) in [5, 5.41) is 8.74. The molecule has 8 heteroatoms. The van der Waals surface area contributed by atoms with Crippen molar-refractivity contribution in [3.05, 3.63) is 22.2 Å². The zero-order chi connectivity index (χ0) is 14.6. The zero-order valence-corrected chi connectivity index (χ0v) is 11.3. The van der Waals surface area contributed by atoms with Crippen LogP contribution >= 0.6 is 23.2 Å². The maximum absolute atomic E-state index is 12.1. The summed E-state index contributed by atoms with van der Waals surface area (Å²) in [5.41, 5.74) is 0. The van der Waals surface area contributed by atoms with Crippen LogP contribution in [0.1, 0.15) is 13.3 Å². The minimum absolute atomic E-state index is 0.0127. The van der Waals surface area contributed by atoms with E-state index in [1.54, 1.807) is 6.92 Å². The number of rotatable bonds is 5. The van der Waals surface area contributed by atoms with Crippen LogP contribution in [0.5, 0.6) is 11.5 Å². The maximum Gasteiger partial charge on any atom is 0.573 e. The van der Waals surface area contributed by atoms with Crippen LogP contribution < -0.4 is 9.47 Å². The number of alkyl halides is 3. The van der Waals surface area contributed by atoms with E-state index in [1.165, 1.54) is 0 Å². The molecule has 1 aromatic rings. The van der Waals surface area contributed by atoms with Crippen molar-refractivity contribution in [2.45, 2.75) is 25.8 Å². The molecule has 0 saturated heterocycles. The van der Waals surface area contributed by atoms with Gasteiger partial charge in [0.05, 0.1) is 16.7 Å². The molecule has 1 aromatic carbocycles. The second-order valence-corrected chi connectivity index (χ2v) is 4.41. The SMILES string of the molecule is CCC(CO)Oc1c(Cl)cc(OC(F)(F)F)cc1Cl. The van der Waals surface area contributed by atoms with Crippen LogP contribution in [-0.2, 0) is 0 Å². The summed E-state index contributed by atoms with van der Waals surface area (Å²) in [7, 11) is 0. The lowest BCUT2D eigenvalue weighted by Crippen LogP contribution is -2.20. The highest BCUT2D eigenvalue weighted by molar-refractivity contribution is 6.37. The van der Waals surface area contributed by atoms with Crippen molar-refractivity contribution in [2.24, 2.45) is 0 Å². The Bertz CT molecular complexity index is 411. The van der Waals surface area contributed by atoms with Crippen molar-refractivity contribution < 1.29 is 27.8 Å². The van der Waals surface area contributed by atoms with Gasteiger partial charge in [-0.3, -0.25) is 0 Å². The van der Waals surface area contributed by atoms with E-state index < -0.39 is 18.2 Å². The van der Waals surface area contributed by atoms with Crippen LogP contribution in [0.15, 0.2) is 12.1 Å². The van der Waals surface area contributed by atoms with Gasteiger partial charge < -0.3 is 14.6 Å². The lowest BCUT2D eigenvalue weighted by atomic mass is 10.2. The van der Waals surface area contributed by atoms with Gasteiger partial charge in [0.2, 0.25) is 0 Å². The first-order valence-electron chi connectivity index (χ1n) is 5.29. The first kappa shape index (κ1) is 16.2. The number of halogens is 5. The highest BCUT2D eigenvalue weighted by atomic mass is 35.5. The molecule has 0 aromatic heterocycles. The topological polar surface area (TPSA) is 38.7 Å². The quantitative estimate of drug-likeness (QED) is 0.890. The second-order valence-electron chi connectivity index (χ2n) is 3.59. The van der Waals surface area contributed by atoms with E-state index in [-0.39, 0.29) is 22.4 Å². The van der Waals surface area contributed by atoms with Crippen LogP contribution in [0.3, 0.4) is 0 Å². The minimum Gasteiger partial charge on any atom is -0.485 e. The monoisotopic (exact) mass is 318 g/mol. The van der Waals surface area contributed by atoms with E-state index in [0.29, 0.717) is 6.42 Å². The fourth-order valence-electron chi connectivity index (χ4n) is 1.26. The molecule has 0 amide bonds. The summed E-state index contributed by atoms with van der Waals surface area (Å²) in [6.07, 6.45) is -4.87. The summed E-state index contributed by atoms with van der Waals surface area (Å²) >= 11 is 11.6. The standard InChI is InChI=1S/C11H11Cl2F3O3/c1-2-6(5-17)18-10-8(12)3-7(4-9(10)13)19-11(14,15)16/h3-4,6,17H,2,5H2,1H3. The van der Waals surface area contributed by atoms with Gasteiger partial charge in [0, 0.05) is 12.1 Å². The molecule has 0 saturated carbocycles. The first-order valence-corrected chi connectivity index (χ1v) is 6.04. The number of hydrogen-bond acceptors (Lipinski definition) is 3. The van der Waals surface area contributed by atoms with Crippen molar-refractivity contribution in [3.63, 3.8) is 0 Å². The van der Waals surface area contributed by atoms with Gasteiger partial charge in [-0.2, -0.15) is 0 Å². The number of aliphatic hydroxyl groups is 1. The molecule has 0 bridgehead atoms. The predicted molar refractivity (Wildman–Crippen MR) is 64.9 cm³/mol. The Balaban J connectivity index is 2.97. The van der Waals surface area contributed by atoms with Crippen LogP contribution in [0.25, 0.3) is 0 Å². The average Bonchev–Trinajstić information content (AvgIpc) is 2.26. The van der Waals surface area contributed by atoms with Gasteiger partial charge in [-0.1, -0.05) is 30.1 Å². The number of hydrogen-bond donors (Lipinski definition) is 1. The Morgan fingerprint density at radius 3 is 2.16 bits per heavy atom. The van der Waals surface area contributed by atoms with E-state index in [2.05, 4.69) is 4.74 Å². The van der Waals surface area contributed by atoms with Crippen LogP contribution in [0.2, 0.25) is 10.0 Å². The number of ether oxygens (including phenoxy) is 2. The lowest BCUT2D eigenvalue weighted by Gasteiger charge is -2.18. The molecule has 0 spiro atoms. The van der Waals surface area contributed by atoms with E-state index in [1.807, 2.05) is 0 Å². The van der Waals surface area contributed by atoms with Crippen LogP contribution in [0.4, 0.5) is 13.2 Å². The van der Waals surface area contributed by atoms with Crippen molar-refractivity contribution in [3.8, 4) is 11.5 Å². The number of aliphatic hydroxyl groups excluding tert-OH is 1. The highest BCUT2D eigenvalue weighted by Crippen LogP contribution is 2.39. The minimum atomic E-state index is -4.83. The van der Waals surface area contributed by atoms with Gasteiger partial charge in [0.15, 0.2) is 5.75 Å². The predicted octanol–water partition coefficient (Wildman–Crippen LogP) is 4.04. The molecule has 1 unspecified atom stereocenters. The smallest absolute Gasteiger partial charge is 0.485 e. The summed E-state index contributed by atoms with van der Waals surface area (Å²) in [6, 6.07) is 1.89. The van der Waals surface area contributed by atoms with Crippen molar-refractivity contribution in [1.82, 2.24) is 0 Å². The fraction of sp³-hybridized carbons (Fsp3) is 0.455. The molecule has 0 radical (unpaired) electrons. The van der Waals surface area contributed by atoms with E-state index >= 15 is 0 Å². The molecule has 0 aliphatic heterocycles. The Morgan fingerprint density at radius 2 is 1.79 bits per heavy atom. The Hall–Kier alpha value is -0.850. The number of benzene rings is 1. The molecule has 108 valence electrons. The lowest BCUT2D eigenvalue weighted by molar-refractivity contribution is -0.274. The molecule has 3 nitrogen and oxygen atoms in total. The van der Waals surface area contributed by atoms with Gasteiger partial charge >= 0.3 is 6.36 Å². The first-order chi connectivity index (χ1) is 8.76. The molecule has 1 rings (SSSR count). The average molecular weight is 319 g/mol. The van der Waals surface area contributed by atoms with Gasteiger partial charge in [-0.15, -0.1) is 13.2 Å². The molecule has 0 aliphatic rings. The van der Waals surface area contributed by atoms with E-state index in [4.69, 9.17) is 33.0 Å². The highest BCUT2D eigenvalue weighted by Gasteiger charge is 2.31. The second kappa shape index (κ2) is 6.54. The Morgan fingerprint density at radius 1 is 1.26 bits per heavy atom. The third-order valence-corrected chi connectivity index (χ3v) is 2.71. The van der Waals surface area contributed by atoms with Gasteiger partial charge in [-0.25, -0.2) is 0 Å². The third-order valence-electron chi connectivity index (χ3n) is 2.15. The molecular weight excluding hydrogens is 308 g/mol. The van der Waals surface area contributed by atoms with Gasteiger partial charge in [-0.05, 0) is 6.42 Å². The van der Waals surface area contributed by atoms with Gasteiger partial charge in [0.25, 0.3) is 0 Å². The molecular formula is C11H11Cl2F3O3. The van der Waals surface area contributed by atoms with Crippen LogP contribution in [0, 0.1) is 0 Å². The molecule has 1 atom stereocenters. The van der Waals surface area contributed by atoms with E-state index in [9.17, 15) is 13.2 Å². The normalized spacial score (nSPS) is 13.2. The molecule has 0 fully saturated rings. The molecule has 0 aliphatic carbocycles. The summed E-state index contributed by atoms with van der Waals surface area (Å²) in [5.74, 6) is -0.523. The summed E-state index contributed by atoms with van der Waals surface area (Å²) in [6.45, 7) is 1.51. The zero-order valence-electron chi connectivity index (χ0n) is 9.80. The fourth-order valence-corrected chi connectivity index (χ4v) is 1.81. The molecule has 1 N–H and O–H groups in total. The summed E-state index contributed by atoms with van der Waals surface area (Å²) < 4.78 is 45.2. The Kier molecular flexibility index (Phi) is 5.58. The molecule has 19 heavy (non-hydrogen) atoms. The Labute approximate surface area is 117 Å². The van der Waals surface area contributed by atoms with Crippen molar-refractivity contribution in [2.75, 3.05) is 6.61 Å². The molecule has 0 heterocycles. The van der Waals surface area contributed by atoms with E-state index in [0.717, 1.165) is 12.1 Å². The van der Waals surface area contributed by atoms with Crippen molar-refractivity contribution >= 4 is 23.2 Å². The summed E-state index contributed by atoms with van der Waals surface area (Å²) in [4.78, 5) is 0.